The second kappa shape index (κ2) is 7.64. The molecule has 1 saturated heterocycles. The molecule has 166 valence electrons. The summed E-state index contributed by atoms with van der Waals surface area (Å²) in [6.45, 7) is 5.58. The number of nitrogens with two attached hydrogens (primary N) is 1. The van der Waals surface area contributed by atoms with Gasteiger partial charge in [-0.3, -0.25) is 4.98 Å². The first-order chi connectivity index (χ1) is 15.8. The summed E-state index contributed by atoms with van der Waals surface area (Å²) in [6, 6.07) is 11.5. The number of hydrogen-bond acceptors (Lipinski definition) is 5. The number of halogens is 2. The number of nitriles is 1. The molecule has 2 aromatic carbocycles. The lowest BCUT2D eigenvalue weighted by Gasteiger charge is -2.52. The van der Waals surface area contributed by atoms with Gasteiger partial charge in [-0.05, 0) is 30.7 Å². The molecule has 0 aliphatic carbocycles. The van der Waals surface area contributed by atoms with Crippen LogP contribution in [0.3, 0.4) is 0 Å². The van der Waals surface area contributed by atoms with Crippen molar-refractivity contribution in [3.05, 3.63) is 66.0 Å². The monoisotopic (exact) mass is 444 g/mol. The Morgan fingerprint density at radius 3 is 2.67 bits per heavy atom. The molecule has 3 heterocycles. The van der Waals surface area contributed by atoms with Crippen LogP contribution in [0, 0.1) is 28.4 Å². The molecular formula is C25H22F2N6. The first-order valence-corrected chi connectivity index (χ1v) is 10.6. The van der Waals surface area contributed by atoms with Crippen LogP contribution in [0.25, 0.3) is 33.5 Å². The van der Waals surface area contributed by atoms with Crippen molar-refractivity contribution in [2.75, 3.05) is 18.0 Å². The van der Waals surface area contributed by atoms with E-state index >= 15 is 0 Å². The van der Waals surface area contributed by atoms with Crippen LogP contribution in [0.15, 0.2) is 48.8 Å². The van der Waals surface area contributed by atoms with Crippen molar-refractivity contribution >= 4 is 16.7 Å². The predicted molar refractivity (Wildman–Crippen MR) is 123 cm³/mol. The van der Waals surface area contributed by atoms with Crippen LogP contribution >= 0.6 is 0 Å². The second-order valence-electron chi connectivity index (χ2n) is 8.94. The highest BCUT2D eigenvalue weighted by molar-refractivity contribution is 5.91. The number of aromatic nitrogens is 3. The van der Waals surface area contributed by atoms with Crippen LogP contribution in [-0.2, 0) is 0 Å². The molecule has 5 rings (SSSR count). The molecule has 2 aromatic heterocycles. The van der Waals surface area contributed by atoms with Crippen molar-refractivity contribution in [2.45, 2.75) is 19.9 Å². The summed E-state index contributed by atoms with van der Waals surface area (Å²) < 4.78 is 28.1. The van der Waals surface area contributed by atoms with E-state index in [9.17, 15) is 14.0 Å². The summed E-state index contributed by atoms with van der Waals surface area (Å²) in [6.07, 6.45) is 3.42. The Kier molecular flexibility index (Phi) is 4.87. The van der Waals surface area contributed by atoms with Crippen molar-refractivity contribution in [1.29, 1.82) is 5.26 Å². The SMILES string of the molecule is CC(N)C1(C)CN(c2c(-c3cccc(C#N)c3)cncc2-c2nc3c(F)cc(F)cc3[nH]2)C1. The van der Waals surface area contributed by atoms with Crippen LogP contribution in [-0.4, -0.2) is 34.1 Å². The van der Waals surface area contributed by atoms with Crippen molar-refractivity contribution < 1.29 is 8.78 Å². The summed E-state index contributed by atoms with van der Waals surface area (Å²) in [5.74, 6) is -1.01. The molecule has 0 saturated carbocycles. The standard InChI is InChI=1S/C25H22F2N6/c1-14(29)25(2)12-33(13-25)23-18(16-5-3-4-15(6-16)9-28)10-30-11-19(23)24-31-21-8-17(26)7-20(27)22(21)32-24/h3-8,10-11,14H,12-13,29H2,1-2H3,(H,31,32). The maximum absolute atomic E-state index is 14.3. The Morgan fingerprint density at radius 2 is 1.94 bits per heavy atom. The number of rotatable bonds is 4. The normalized spacial score (nSPS) is 15.8. The van der Waals surface area contributed by atoms with Gasteiger partial charge >= 0.3 is 0 Å². The van der Waals surface area contributed by atoms with E-state index < -0.39 is 11.6 Å². The average molecular weight is 444 g/mol. The van der Waals surface area contributed by atoms with Gasteiger partial charge in [0, 0.05) is 48.6 Å². The maximum Gasteiger partial charge on any atom is 0.153 e. The van der Waals surface area contributed by atoms with Crippen molar-refractivity contribution in [1.82, 2.24) is 15.0 Å². The van der Waals surface area contributed by atoms with E-state index in [2.05, 4.69) is 32.8 Å². The van der Waals surface area contributed by atoms with Crippen LogP contribution in [0.5, 0.6) is 0 Å². The molecule has 0 spiro atoms. The lowest BCUT2D eigenvalue weighted by molar-refractivity contribution is 0.201. The van der Waals surface area contributed by atoms with Gasteiger partial charge < -0.3 is 15.6 Å². The molecule has 1 fully saturated rings. The molecule has 0 bridgehead atoms. The first-order valence-electron chi connectivity index (χ1n) is 10.6. The first kappa shape index (κ1) is 21.0. The zero-order valence-electron chi connectivity index (χ0n) is 18.2. The van der Waals surface area contributed by atoms with E-state index in [4.69, 9.17) is 5.73 Å². The highest BCUT2D eigenvalue weighted by Gasteiger charge is 2.43. The number of fused-ring (bicyclic) bond motifs is 1. The van der Waals surface area contributed by atoms with E-state index in [1.54, 1.807) is 18.5 Å². The smallest absolute Gasteiger partial charge is 0.153 e. The number of H-pyrrole nitrogens is 1. The molecule has 3 N–H and O–H groups in total. The number of aromatic amines is 1. The molecule has 1 aliphatic heterocycles. The third-order valence-electron chi connectivity index (χ3n) is 6.50. The van der Waals surface area contributed by atoms with Gasteiger partial charge in [-0.25, -0.2) is 13.8 Å². The maximum atomic E-state index is 14.3. The Hall–Kier alpha value is -3.83. The lowest BCUT2D eigenvalue weighted by atomic mass is 9.75. The van der Waals surface area contributed by atoms with Gasteiger partial charge in [0.25, 0.3) is 0 Å². The summed E-state index contributed by atoms with van der Waals surface area (Å²) in [5.41, 5.74) is 10.2. The molecule has 0 radical (unpaired) electrons. The largest absolute Gasteiger partial charge is 0.369 e. The zero-order chi connectivity index (χ0) is 23.3. The third kappa shape index (κ3) is 3.51. The fourth-order valence-corrected chi connectivity index (χ4v) is 4.38. The van der Waals surface area contributed by atoms with Gasteiger partial charge in [-0.2, -0.15) is 5.26 Å². The number of pyridine rings is 1. The molecule has 4 aromatic rings. The van der Waals surface area contributed by atoms with Gasteiger partial charge in [0.2, 0.25) is 0 Å². The number of nitrogens with one attached hydrogen (secondary N) is 1. The van der Waals surface area contributed by atoms with Crippen molar-refractivity contribution in [3.8, 4) is 28.6 Å². The molecule has 0 amide bonds. The van der Waals surface area contributed by atoms with E-state index in [1.807, 2.05) is 25.1 Å². The average Bonchev–Trinajstić information content (AvgIpc) is 3.20. The summed E-state index contributed by atoms with van der Waals surface area (Å²) >= 11 is 0. The van der Waals surface area contributed by atoms with E-state index in [-0.39, 0.29) is 22.5 Å². The number of benzene rings is 2. The Labute approximate surface area is 189 Å². The minimum atomic E-state index is -0.728. The molecular weight excluding hydrogens is 422 g/mol. The summed E-state index contributed by atoms with van der Waals surface area (Å²) in [4.78, 5) is 14.1. The van der Waals surface area contributed by atoms with E-state index in [0.717, 1.165) is 36.0 Å². The van der Waals surface area contributed by atoms with Gasteiger partial charge in [0.05, 0.1) is 28.4 Å². The quantitative estimate of drug-likeness (QED) is 0.479. The number of hydrogen-bond donors (Lipinski definition) is 2. The minimum absolute atomic E-state index is 0.00711. The molecule has 1 atom stereocenters. The number of nitrogens with zero attached hydrogens (tertiary/aromatic N) is 4. The Bertz CT molecular complexity index is 1410. The predicted octanol–water partition coefficient (Wildman–Crippen LogP) is 4.62. The molecule has 6 nitrogen and oxygen atoms in total. The highest BCUT2D eigenvalue weighted by Crippen LogP contribution is 2.45. The summed E-state index contributed by atoms with van der Waals surface area (Å²) in [7, 11) is 0. The molecule has 8 heteroatoms. The van der Waals surface area contributed by atoms with Gasteiger partial charge in [0.1, 0.15) is 17.2 Å². The highest BCUT2D eigenvalue weighted by atomic mass is 19.1. The molecule has 1 unspecified atom stereocenters. The third-order valence-corrected chi connectivity index (χ3v) is 6.50. The Morgan fingerprint density at radius 1 is 1.18 bits per heavy atom. The number of imidazole rings is 1. The fourth-order valence-electron chi connectivity index (χ4n) is 4.38. The lowest BCUT2D eigenvalue weighted by Crippen LogP contribution is -2.62. The van der Waals surface area contributed by atoms with Crippen molar-refractivity contribution in [2.24, 2.45) is 11.1 Å². The van der Waals surface area contributed by atoms with Crippen LogP contribution < -0.4 is 10.6 Å². The van der Waals surface area contributed by atoms with E-state index in [0.29, 0.717) is 17.0 Å². The minimum Gasteiger partial charge on any atom is -0.369 e. The van der Waals surface area contributed by atoms with Crippen LogP contribution in [0.1, 0.15) is 19.4 Å². The fraction of sp³-hybridized carbons (Fsp3) is 0.240. The molecule has 1 aliphatic rings. The molecule has 33 heavy (non-hydrogen) atoms. The van der Waals surface area contributed by atoms with Gasteiger partial charge in [0.15, 0.2) is 5.82 Å². The Balaban J connectivity index is 1.70. The topological polar surface area (TPSA) is 94.6 Å². The summed E-state index contributed by atoms with van der Waals surface area (Å²) in [5, 5.41) is 9.36. The van der Waals surface area contributed by atoms with Crippen LogP contribution in [0.2, 0.25) is 0 Å². The van der Waals surface area contributed by atoms with E-state index in [1.165, 1.54) is 6.07 Å². The number of anilines is 1. The zero-order valence-corrected chi connectivity index (χ0v) is 18.2. The van der Waals surface area contributed by atoms with Gasteiger partial charge in [-0.1, -0.05) is 19.1 Å². The van der Waals surface area contributed by atoms with Crippen molar-refractivity contribution in [3.63, 3.8) is 0 Å². The second-order valence-corrected chi connectivity index (χ2v) is 8.94. The van der Waals surface area contributed by atoms with Gasteiger partial charge in [-0.15, -0.1) is 0 Å². The van der Waals surface area contributed by atoms with Crippen LogP contribution in [0.4, 0.5) is 14.5 Å².